The first kappa shape index (κ1) is 16.7. The fourth-order valence-electron chi connectivity index (χ4n) is 3.13. The molecule has 2 N–H and O–H groups in total. The molecule has 1 unspecified atom stereocenters. The topological polar surface area (TPSA) is 115 Å². The first-order valence-electron chi connectivity index (χ1n) is 7.75. The number of carboxylic acid groups (broad SMARTS) is 1. The van der Waals surface area contributed by atoms with Crippen molar-refractivity contribution in [1.82, 2.24) is 15.6 Å². The van der Waals surface area contributed by atoms with Gasteiger partial charge < -0.3 is 15.2 Å². The highest BCUT2D eigenvalue weighted by Gasteiger charge is 2.38. The lowest BCUT2D eigenvalue weighted by atomic mass is 9.80. The van der Waals surface area contributed by atoms with Crippen LogP contribution in [0.3, 0.4) is 0 Å². The summed E-state index contributed by atoms with van der Waals surface area (Å²) >= 11 is 0. The van der Waals surface area contributed by atoms with E-state index < -0.39 is 17.9 Å². The second kappa shape index (κ2) is 6.39. The Labute approximate surface area is 143 Å². The number of dihydropyridines is 1. The van der Waals surface area contributed by atoms with Gasteiger partial charge in [-0.3, -0.25) is 0 Å². The molecule has 0 aliphatic carbocycles. The Morgan fingerprint density at radius 2 is 1.96 bits per heavy atom. The Kier molecular flexibility index (Phi) is 4.26. The number of benzene rings is 1. The molecule has 2 aromatic rings. The van der Waals surface area contributed by atoms with Gasteiger partial charge in [-0.05, 0) is 42.7 Å². The van der Waals surface area contributed by atoms with Crippen LogP contribution in [0.15, 0.2) is 45.4 Å². The minimum atomic E-state index is -1.13. The summed E-state index contributed by atoms with van der Waals surface area (Å²) in [7, 11) is 0. The molecule has 3 rings (SSSR count). The van der Waals surface area contributed by atoms with Crippen molar-refractivity contribution in [3.8, 4) is 0 Å². The lowest BCUT2D eigenvalue weighted by Gasteiger charge is -2.29. The molecule has 0 bridgehead atoms. The fourth-order valence-corrected chi connectivity index (χ4v) is 3.13. The smallest absolute Gasteiger partial charge is 0.336 e. The number of hydrogen-bond donors (Lipinski definition) is 2. The number of carbonyl (C=O) groups is 2. The molecule has 0 spiro atoms. The Hall–Kier alpha value is -3.16. The van der Waals surface area contributed by atoms with Crippen LogP contribution < -0.4 is 5.32 Å². The van der Waals surface area contributed by atoms with Crippen LogP contribution in [0.1, 0.15) is 32.3 Å². The van der Waals surface area contributed by atoms with E-state index >= 15 is 0 Å². The third kappa shape index (κ3) is 2.75. The number of carbonyl (C=O) groups excluding carboxylic acids is 1. The second-order valence-corrected chi connectivity index (χ2v) is 5.64. The lowest BCUT2D eigenvalue weighted by molar-refractivity contribution is -0.138. The number of hydrogen-bond acceptors (Lipinski definition) is 7. The highest BCUT2D eigenvalue weighted by atomic mass is 16.6. The van der Waals surface area contributed by atoms with Gasteiger partial charge in [0.15, 0.2) is 0 Å². The lowest BCUT2D eigenvalue weighted by Crippen LogP contribution is -2.32. The van der Waals surface area contributed by atoms with Gasteiger partial charge in [0.25, 0.3) is 0 Å². The molecule has 1 atom stereocenters. The largest absolute Gasteiger partial charge is 0.478 e. The van der Waals surface area contributed by atoms with Crippen LogP contribution >= 0.6 is 0 Å². The molecular weight excluding hydrogens is 326 g/mol. The predicted octanol–water partition coefficient (Wildman–Crippen LogP) is 2.11. The summed E-state index contributed by atoms with van der Waals surface area (Å²) in [6, 6.07) is 5.14. The first-order chi connectivity index (χ1) is 12.0. The molecular formula is C17H17N3O5. The molecule has 0 radical (unpaired) electrons. The summed E-state index contributed by atoms with van der Waals surface area (Å²) in [5.41, 5.74) is 2.72. The van der Waals surface area contributed by atoms with Crippen LogP contribution in [-0.4, -0.2) is 34.0 Å². The average molecular weight is 343 g/mol. The van der Waals surface area contributed by atoms with Crippen LogP contribution in [-0.2, 0) is 14.3 Å². The molecule has 1 aromatic carbocycles. The molecule has 130 valence electrons. The SMILES string of the molecule is CCOC(=O)C1=C(C)NC(C)=C(C(=O)O)C1c1cccc2nonc12. The minimum Gasteiger partial charge on any atom is -0.478 e. The number of fused-ring (bicyclic) bond motifs is 1. The number of nitrogens with zero attached hydrogens (tertiary/aromatic N) is 2. The highest BCUT2D eigenvalue weighted by molar-refractivity contribution is 6.00. The number of aliphatic carboxylic acids is 1. The van der Waals surface area contributed by atoms with Crippen LogP contribution in [0, 0.1) is 0 Å². The molecule has 8 heteroatoms. The van der Waals surface area contributed by atoms with E-state index in [9.17, 15) is 14.7 Å². The third-order valence-corrected chi connectivity index (χ3v) is 4.11. The van der Waals surface area contributed by atoms with E-state index in [0.29, 0.717) is 28.0 Å². The normalized spacial score (nSPS) is 17.6. The van der Waals surface area contributed by atoms with Crippen molar-refractivity contribution in [3.05, 3.63) is 46.3 Å². The summed E-state index contributed by atoms with van der Waals surface area (Å²) < 4.78 is 9.93. The summed E-state index contributed by atoms with van der Waals surface area (Å²) in [5, 5.41) is 20.4. The van der Waals surface area contributed by atoms with Gasteiger partial charge in [0, 0.05) is 11.4 Å². The first-order valence-corrected chi connectivity index (χ1v) is 7.75. The van der Waals surface area contributed by atoms with Crippen LogP contribution in [0.2, 0.25) is 0 Å². The van der Waals surface area contributed by atoms with E-state index in [1.54, 1.807) is 39.0 Å². The Bertz CT molecular complexity index is 925. The van der Waals surface area contributed by atoms with E-state index in [2.05, 4.69) is 15.6 Å². The number of nitrogens with one attached hydrogen (secondary N) is 1. The zero-order chi connectivity index (χ0) is 18.1. The number of aromatic nitrogens is 2. The van der Waals surface area contributed by atoms with Crippen LogP contribution in [0.5, 0.6) is 0 Å². The zero-order valence-corrected chi connectivity index (χ0v) is 14.0. The number of rotatable bonds is 4. The van der Waals surface area contributed by atoms with Crippen molar-refractivity contribution < 1.29 is 24.1 Å². The summed E-state index contributed by atoms with van der Waals surface area (Å²) in [4.78, 5) is 24.5. The van der Waals surface area contributed by atoms with Crippen molar-refractivity contribution in [2.45, 2.75) is 26.7 Å². The molecule has 1 aliphatic heterocycles. The van der Waals surface area contributed by atoms with E-state index in [0.717, 1.165) is 0 Å². The van der Waals surface area contributed by atoms with Crippen molar-refractivity contribution in [2.75, 3.05) is 6.61 Å². The number of carboxylic acids is 1. The van der Waals surface area contributed by atoms with Crippen LogP contribution in [0.4, 0.5) is 0 Å². The standard InChI is InChI=1S/C17H17N3O5/c1-4-24-17(23)13-9(3)18-8(2)12(16(21)22)14(13)10-6-5-7-11-15(10)20-25-19-11/h5-7,14,18H,4H2,1-3H3,(H,21,22). The Balaban J connectivity index is 2.28. The van der Waals surface area contributed by atoms with Gasteiger partial charge in [-0.2, -0.15) is 0 Å². The second-order valence-electron chi connectivity index (χ2n) is 5.64. The van der Waals surface area contributed by atoms with Gasteiger partial charge in [-0.1, -0.05) is 12.1 Å². The fraction of sp³-hybridized carbons (Fsp3) is 0.294. The van der Waals surface area contributed by atoms with Crippen molar-refractivity contribution in [1.29, 1.82) is 0 Å². The Morgan fingerprint density at radius 1 is 1.24 bits per heavy atom. The maximum absolute atomic E-state index is 12.5. The molecule has 2 heterocycles. The molecule has 0 saturated heterocycles. The molecule has 0 saturated carbocycles. The molecule has 1 aromatic heterocycles. The molecule has 0 fully saturated rings. The minimum absolute atomic E-state index is 0.0594. The van der Waals surface area contributed by atoms with E-state index in [-0.39, 0.29) is 17.8 Å². The summed E-state index contributed by atoms with van der Waals surface area (Å²) in [5.74, 6) is -2.54. The molecule has 0 amide bonds. The maximum atomic E-state index is 12.5. The molecule has 8 nitrogen and oxygen atoms in total. The van der Waals surface area contributed by atoms with Gasteiger partial charge >= 0.3 is 11.9 Å². The maximum Gasteiger partial charge on any atom is 0.336 e. The third-order valence-electron chi connectivity index (χ3n) is 4.11. The average Bonchev–Trinajstić information content (AvgIpc) is 3.02. The van der Waals surface area contributed by atoms with E-state index in [4.69, 9.17) is 9.37 Å². The summed E-state index contributed by atoms with van der Waals surface area (Å²) in [6.45, 7) is 5.25. The van der Waals surface area contributed by atoms with Gasteiger partial charge in [0.1, 0.15) is 11.0 Å². The van der Waals surface area contributed by atoms with E-state index in [1.807, 2.05) is 0 Å². The monoisotopic (exact) mass is 343 g/mol. The predicted molar refractivity (Wildman–Crippen MR) is 87.3 cm³/mol. The zero-order valence-electron chi connectivity index (χ0n) is 14.0. The van der Waals surface area contributed by atoms with Crippen molar-refractivity contribution >= 4 is 23.0 Å². The van der Waals surface area contributed by atoms with Gasteiger partial charge in [-0.15, -0.1) is 0 Å². The van der Waals surface area contributed by atoms with E-state index in [1.165, 1.54) is 0 Å². The molecule has 25 heavy (non-hydrogen) atoms. The van der Waals surface area contributed by atoms with Crippen molar-refractivity contribution in [3.63, 3.8) is 0 Å². The Morgan fingerprint density at radius 3 is 2.64 bits per heavy atom. The van der Waals surface area contributed by atoms with Crippen LogP contribution in [0.25, 0.3) is 11.0 Å². The molecule has 1 aliphatic rings. The van der Waals surface area contributed by atoms with Gasteiger partial charge in [-0.25, -0.2) is 14.2 Å². The van der Waals surface area contributed by atoms with Crippen molar-refractivity contribution in [2.24, 2.45) is 0 Å². The van der Waals surface area contributed by atoms with Gasteiger partial charge in [0.2, 0.25) is 0 Å². The quantitative estimate of drug-likeness (QED) is 0.811. The highest BCUT2D eigenvalue weighted by Crippen LogP contribution is 2.40. The van der Waals surface area contributed by atoms with Gasteiger partial charge in [0.05, 0.1) is 23.7 Å². The summed E-state index contributed by atoms with van der Waals surface area (Å²) in [6.07, 6.45) is 0. The number of esters is 1. The number of ether oxygens (including phenoxy) is 1. The number of allylic oxidation sites excluding steroid dienone is 2.